The number of sulfonamides is 1. The molecule has 1 fully saturated rings. The number of rotatable bonds is 13. The molecular weight excluding hydrogens is 586 g/mol. The molecule has 0 heterocycles. The highest BCUT2D eigenvalue weighted by Crippen LogP contribution is 2.24. The van der Waals surface area contributed by atoms with Crippen LogP contribution < -0.4 is 14.4 Å². The smallest absolute Gasteiger partial charge is 0.244 e. The van der Waals surface area contributed by atoms with Crippen molar-refractivity contribution < 1.29 is 22.7 Å². The Labute approximate surface area is 260 Å². The normalized spacial score (nSPS) is 14.5. The number of carbonyl (C=O) groups excluding carboxylic acids is 2. The van der Waals surface area contributed by atoms with E-state index in [1.165, 1.54) is 4.90 Å². The van der Waals surface area contributed by atoms with Gasteiger partial charge in [0.05, 0.1) is 18.6 Å². The maximum atomic E-state index is 14.2. The number of nitrogens with zero attached hydrogens (tertiary/aromatic N) is 2. The molecule has 0 aliphatic heterocycles. The summed E-state index contributed by atoms with van der Waals surface area (Å²) in [6.45, 7) is 1.93. The quantitative estimate of drug-likeness (QED) is 0.267. The van der Waals surface area contributed by atoms with E-state index in [9.17, 15) is 18.0 Å². The molecular formula is C33H40ClN3O5S. The van der Waals surface area contributed by atoms with Crippen molar-refractivity contribution >= 4 is 39.1 Å². The van der Waals surface area contributed by atoms with Gasteiger partial charge in [0.25, 0.3) is 0 Å². The Morgan fingerprint density at radius 3 is 2.26 bits per heavy atom. The van der Waals surface area contributed by atoms with Crippen molar-refractivity contribution in [1.29, 1.82) is 0 Å². The first-order chi connectivity index (χ1) is 20.6. The SMILES string of the molecule is CCOc1ccc(N(CC(=O)N(Cc2cccc(Cl)c2)[C@@H](Cc2ccccc2)C(=O)NC2CCCCC2)S(C)(=O)=O)cc1. The topological polar surface area (TPSA) is 96.0 Å². The molecule has 0 saturated heterocycles. The molecule has 1 atom stereocenters. The minimum atomic E-state index is -3.86. The van der Waals surface area contributed by atoms with Crippen molar-refractivity contribution in [2.45, 2.75) is 64.1 Å². The lowest BCUT2D eigenvalue weighted by Crippen LogP contribution is -2.55. The average Bonchev–Trinajstić information content (AvgIpc) is 2.99. The first-order valence-corrected chi connectivity index (χ1v) is 17.0. The number of hydrogen-bond acceptors (Lipinski definition) is 5. The largest absolute Gasteiger partial charge is 0.494 e. The Balaban J connectivity index is 1.70. The van der Waals surface area contributed by atoms with Crippen LogP contribution in [0.5, 0.6) is 5.75 Å². The molecule has 0 bridgehead atoms. The summed E-state index contributed by atoms with van der Waals surface area (Å²) in [4.78, 5) is 29.7. The van der Waals surface area contributed by atoms with Crippen molar-refractivity contribution in [2.75, 3.05) is 23.7 Å². The van der Waals surface area contributed by atoms with Gasteiger partial charge in [0, 0.05) is 24.0 Å². The molecule has 1 N–H and O–H groups in total. The van der Waals surface area contributed by atoms with Crippen LogP contribution in [-0.4, -0.2) is 56.6 Å². The van der Waals surface area contributed by atoms with Gasteiger partial charge in [-0.1, -0.05) is 73.3 Å². The molecule has 0 spiro atoms. The molecule has 230 valence electrons. The van der Waals surface area contributed by atoms with Crippen molar-refractivity contribution in [2.24, 2.45) is 0 Å². The van der Waals surface area contributed by atoms with Crippen LogP contribution in [0.1, 0.15) is 50.2 Å². The van der Waals surface area contributed by atoms with Gasteiger partial charge in [-0.25, -0.2) is 8.42 Å². The van der Waals surface area contributed by atoms with Crippen molar-refractivity contribution in [3.05, 3.63) is 95.0 Å². The fraction of sp³-hybridized carbons (Fsp3) is 0.394. The zero-order valence-electron chi connectivity index (χ0n) is 24.7. The van der Waals surface area contributed by atoms with Crippen molar-refractivity contribution in [3.63, 3.8) is 0 Å². The van der Waals surface area contributed by atoms with Crippen LogP contribution in [0.15, 0.2) is 78.9 Å². The molecule has 4 rings (SSSR count). The standard InChI is InChI=1S/C33H40ClN3O5S/c1-3-42-30-19-17-29(18-20-30)37(43(2,40)41)24-32(38)36(23-26-13-10-14-27(34)21-26)31(22-25-11-6-4-7-12-25)33(39)35-28-15-8-5-9-16-28/h4,6-7,10-14,17-21,28,31H,3,5,8-9,15-16,22-24H2,1-2H3,(H,35,39)/t31-/m0/s1. The summed E-state index contributed by atoms with van der Waals surface area (Å²) in [7, 11) is -3.86. The van der Waals surface area contributed by atoms with Crippen molar-refractivity contribution in [1.82, 2.24) is 10.2 Å². The second kappa shape index (κ2) is 15.3. The lowest BCUT2D eigenvalue weighted by atomic mass is 9.94. The Hall–Kier alpha value is -3.56. The number of anilines is 1. The van der Waals surface area contributed by atoms with E-state index in [0.717, 1.165) is 53.8 Å². The van der Waals surface area contributed by atoms with Gasteiger partial charge in [-0.2, -0.15) is 0 Å². The zero-order valence-corrected chi connectivity index (χ0v) is 26.3. The fourth-order valence-electron chi connectivity index (χ4n) is 5.42. The molecule has 0 aromatic heterocycles. The Bertz CT molecular complexity index is 1460. The molecule has 1 aliphatic carbocycles. The van der Waals surface area contributed by atoms with Crippen LogP contribution in [0.2, 0.25) is 5.02 Å². The van der Waals surface area contributed by atoms with Gasteiger partial charge in [-0.15, -0.1) is 0 Å². The first-order valence-electron chi connectivity index (χ1n) is 14.7. The summed E-state index contributed by atoms with van der Waals surface area (Å²) in [5.41, 5.74) is 1.95. The van der Waals surface area contributed by atoms with E-state index in [0.29, 0.717) is 23.1 Å². The van der Waals surface area contributed by atoms with Crippen LogP contribution in [0.3, 0.4) is 0 Å². The van der Waals surface area contributed by atoms with Gasteiger partial charge in [0.1, 0.15) is 18.3 Å². The maximum Gasteiger partial charge on any atom is 0.244 e. The molecule has 0 radical (unpaired) electrons. The molecule has 43 heavy (non-hydrogen) atoms. The predicted molar refractivity (Wildman–Crippen MR) is 171 cm³/mol. The van der Waals surface area contributed by atoms with Gasteiger partial charge < -0.3 is 15.0 Å². The summed E-state index contributed by atoms with van der Waals surface area (Å²) >= 11 is 6.29. The number of benzene rings is 3. The average molecular weight is 626 g/mol. The Kier molecular flexibility index (Phi) is 11.5. The second-order valence-corrected chi connectivity index (χ2v) is 13.2. The molecule has 1 aliphatic rings. The van der Waals surface area contributed by atoms with E-state index in [1.54, 1.807) is 42.5 Å². The highest BCUT2D eigenvalue weighted by atomic mass is 35.5. The third-order valence-corrected chi connectivity index (χ3v) is 8.96. The Morgan fingerprint density at radius 2 is 1.63 bits per heavy atom. The van der Waals surface area contributed by atoms with Crippen LogP contribution in [0, 0.1) is 0 Å². The van der Waals surface area contributed by atoms with Crippen LogP contribution in [0.4, 0.5) is 5.69 Å². The van der Waals surface area contributed by atoms with Gasteiger partial charge in [-0.3, -0.25) is 13.9 Å². The molecule has 3 aromatic carbocycles. The number of carbonyl (C=O) groups is 2. The maximum absolute atomic E-state index is 14.2. The highest BCUT2D eigenvalue weighted by Gasteiger charge is 2.34. The zero-order chi connectivity index (χ0) is 30.8. The van der Waals surface area contributed by atoms with E-state index in [1.807, 2.05) is 43.3 Å². The van der Waals surface area contributed by atoms with Crippen LogP contribution >= 0.6 is 11.6 Å². The summed E-state index contributed by atoms with van der Waals surface area (Å²) in [6.07, 6.45) is 6.36. The van der Waals surface area contributed by atoms with E-state index < -0.39 is 28.5 Å². The van der Waals surface area contributed by atoms with Crippen LogP contribution in [0.25, 0.3) is 0 Å². The highest BCUT2D eigenvalue weighted by molar-refractivity contribution is 7.92. The number of nitrogens with one attached hydrogen (secondary N) is 1. The van der Waals surface area contributed by atoms with Gasteiger partial charge in [0.2, 0.25) is 21.8 Å². The summed E-state index contributed by atoms with van der Waals surface area (Å²) in [5, 5.41) is 3.70. The summed E-state index contributed by atoms with van der Waals surface area (Å²) < 4.78 is 32.5. The minimum Gasteiger partial charge on any atom is -0.494 e. The molecule has 3 aromatic rings. The van der Waals surface area contributed by atoms with E-state index in [-0.39, 0.29) is 24.9 Å². The van der Waals surface area contributed by atoms with Crippen LogP contribution in [-0.2, 0) is 32.6 Å². The third kappa shape index (κ3) is 9.46. The molecule has 8 nitrogen and oxygen atoms in total. The number of halogens is 1. The van der Waals surface area contributed by atoms with E-state index in [4.69, 9.17) is 16.3 Å². The summed E-state index contributed by atoms with van der Waals surface area (Å²) in [5.74, 6) is -0.159. The van der Waals surface area contributed by atoms with E-state index >= 15 is 0 Å². The molecule has 10 heteroatoms. The lowest BCUT2D eigenvalue weighted by molar-refractivity contribution is -0.140. The molecule has 1 saturated carbocycles. The first kappa shape index (κ1) is 32.4. The summed E-state index contributed by atoms with van der Waals surface area (Å²) in [6, 6.07) is 22.4. The van der Waals surface area contributed by atoms with Gasteiger partial charge in [0.15, 0.2) is 0 Å². The fourth-order valence-corrected chi connectivity index (χ4v) is 6.48. The number of ether oxygens (including phenoxy) is 1. The van der Waals surface area contributed by atoms with Gasteiger partial charge >= 0.3 is 0 Å². The minimum absolute atomic E-state index is 0.0408. The van der Waals surface area contributed by atoms with Gasteiger partial charge in [-0.05, 0) is 67.3 Å². The van der Waals surface area contributed by atoms with Crippen molar-refractivity contribution in [3.8, 4) is 5.75 Å². The third-order valence-electron chi connectivity index (χ3n) is 7.58. The number of amides is 2. The monoisotopic (exact) mass is 625 g/mol. The predicted octanol–water partition coefficient (Wildman–Crippen LogP) is 5.59. The second-order valence-electron chi connectivity index (χ2n) is 10.9. The van der Waals surface area contributed by atoms with E-state index in [2.05, 4.69) is 5.32 Å². The number of hydrogen-bond donors (Lipinski definition) is 1. The lowest BCUT2D eigenvalue weighted by Gasteiger charge is -2.35. The molecule has 0 unspecified atom stereocenters. The molecule has 2 amide bonds. The Morgan fingerprint density at radius 1 is 0.953 bits per heavy atom.